The summed E-state index contributed by atoms with van der Waals surface area (Å²) in [6.45, 7) is 1.83. The number of carbonyl (C=O) groups excluding carboxylic acids is 1. The van der Waals surface area contributed by atoms with Crippen molar-refractivity contribution >= 4 is 23.4 Å². The molecule has 0 spiro atoms. The lowest BCUT2D eigenvalue weighted by molar-refractivity contribution is -0.146. The fourth-order valence-electron chi connectivity index (χ4n) is 2.38. The van der Waals surface area contributed by atoms with E-state index in [4.69, 9.17) is 4.74 Å². The molecule has 0 amide bonds. The first-order chi connectivity index (χ1) is 9.05. The fraction of sp³-hybridized carbons (Fsp3) is 0.500. The van der Waals surface area contributed by atoms with Crippen molar-refractivity contribution in [1.29, 1.82) is 0 Å². The number of halogens is 1. The number of esters is 1. The second-order valence-electron chi connectivity index (χ2n) is 4.83. The molecular weight excluding hydrogens is 265 g/mol. The van der Waals surface area contributed by atoms with E-state index in [1.165, 1.54) is 19.2 Å². The Balaban J connectivity index is 2.27. The lowest BCUT2D eigenvalue weighted by atomic mass is 9.91. The van der Waals surface area contributed by atoms with Crippen molar-refractivity contribution in [2.45, 2.75) is 25.3 Å². The van der Waals surface area contributed by atoms with Gasteiger partial charge in [-0.2, -0.15) is 11.8 Å². The van der Waals surface area contributed by atoms with Crippen LogP contribution in [0.25, 0.3) is 0 Å². The standard InChI is InChI=1S/C14H18FNO2S/c1-10-7-11(15)9-12(8-10)16-14(13(17)18-2)3-5-19-6-4-14/h7-9,16H,3-6H2,1-2H3. The van der Waals surface area contributed by atoms with Gasteiger partial charge < -0.3 is 10.1 Å². The van der Waals surface area contributed by atoms with Gasteiger partial charge in [-0.15, -0.1) is 0 Å². The Morgan fingerprint density at radius 2 is 2.05 bits per heavy atom. The number of nitrogens with one attached hydrogen (secondary N) is 1. The first kappa shape index (κ1) is 14.2. The number of anilines is 1. The minimum Gasteiger partial charge on any atom is -0.467 e. The number of rotatable bonds is 3. The van der Waals surface area contributed by atoms with Crippen LogP contribution >= 0.6 is 11.8 Å². The molecule has 3 nitrogen and oxygen atoms in total. The van der Waals surface area contributed by atoms with Crippen molar-refractivity contribution in [3.63, 3.8) is 0 Å². The topological polar surface area (TPSA) is 38.3 Å². The molecule has 0 radical (unpaired) electrons. The third kappa shape index (κ3) is 3.21. The van der Waals surface area contributed by atoms with E-state index < -0.39 is 5.54 Å². The Morgan fingerprint density at radius 3 is 2.63 bits per heavy atom. The summed E-state index contributed by atoms with van der Waals surface area (Å²) in [5.41, 5.74) is 0.739. The molecule has 1 aliphatic heterocycles. The van der Waals surface area contributed by atoms with Crippen molar-refractivity contribution in [3.05, 3.63) is 29.6 Å². The van der Waals surface area contributed by atoms with Crippen molar-refractivity contribution in [2.24, 2.45) is 0 Å². The molecule has 1 aromatic rings. The van der Waals surface area contributed by atoms with E-state index in [1.807, 2.05) is 24.8 Å². The molecule has 1 fully saturated rings. The Kier molecular flexibility index (Phi) is 4.34. The molecule has 0 bridgehead atoms. The number of hydrogen-bond acceptors (Lipinski definition) is 4. The Bertz CT molecular complexity index is 452. The molecule has 0 saturated carbocycles. The van der Waals surface area contributed by atoms with Crippen molar-refractivity contribution < 1.29 is 13.9 Å². The summed E-state index contributed by atoms with van der Waals surface area (Å²) >= 11 is 1.82. The molecule has 1 saturated heterocycles. The van der Waals surface area contributed by atoms with Gasteiger partial charge in [0.15, 0.2) is 0 Å². The van der Waals surface area contributed by atoms with E-state index >= 15 is 0 Å². The zero-order valence-corrected chi connectivity index (χ0v) is 12.0. The van der Waals surface area contributed by atoms with Crippen LogP contribution in [0.5, 0.6) is 0 Å². The normalized spacial score (nSPS) is 17.8. The molecule has 0 aliphatic carbocycles. The molecule has 1 aromatic carbocycles. The third-order valence-electron chi connectivity index (χ3n) is 3.35. The summed E-state index contributed by atoms with van der Waals surface area (Å²) < 4.78 is 18.4. The van der Waals surface area contributed by atoms with E-state index in [-0.39, 0.29) is 11.8 Å². The molecule has 0 aromatic heterocycles. The summed E-state index contributed by atoms with van der Waals surface area (Å²) in [4.78, 5) is 12.1. The molecule has 0 atom stereocenters. The number of ether oxygens (including phenoxy) is 1. The van der Waals surface area contributed by atoms with Gasteiger partial charge in [-0.25, -0.2) is 9.18 Å². The molecule has 5 heteroatoms. The van der Waals surface area contributed by atoms with Gasteiger partial charge in [0.25, 0.3) is 0 Å². The maximum absolute atomic E-state index is 13.4. The van der Waals surface area contributed by atoms with Crippen LogP contribution in [0.15, 0.2) is 18.2 Å². The Hall–Kier alpha value is -1.23. The smallest absolute Gasteiger partial charge is 0.331 e. The van der Waals surface area contributed by atoms with Crippen LogP contribution in [-0.4, -0.2) is 30.1 Å². The predicted molar refractivity (Wildman–Crippen MR) is 76.1 cm³/mol. The predicted octanol–water partition coefficient (Wildman–Crippen LogP) is 2.98. The van der Waals surface area contributed by atoms with Crippen molar-refractivity contribution in [1.82, 2.24) is 0 Å². The highest BCUT2D eigenvalue weighted by Gasteiger charge is 2.40. The molecule has 19 heavy (non-hydrogen) atoms. The maximum atomic E-state index is 13.4. The summed E-state index contributed by atoms with van der Waals surface area (Å²) in [6.07, 6.45) is 1.39. The highest BCUT2D eigenvalue weighted by atomic mass is 32.2. The number of methoxy groups -OCH3 is 1. The molecule has 104 valence electrons. The van der Waals surface area contributed by atoms with E-state index in [2.05, 4.69) is 5.32 Å². The molecule has 1 N–H and O–H groups in total. The van der Waals surface area contributed by atoms with Crippen LogP contribution in [0.3, 0.4) is 0 Å². The van der Waals surface area contributed by atoms with Crippen molar-refractivity contribution in [3.8, 4) is 0 Å². The number of thioether (sulfide) groups is 1. The van der Waals surface area contributed by atoms with Gasteiger partial charge in [0, 0.05) is 5.69 Å². The highest BCUT2D eigenvalue weighted by Crippen LogP contribution is 2.32. The third-order valence-corrected chi connectivity index (χ3v) is 4.33. The Morgan fingerprint density at radius 1 is 1.37 bits per heavy atom. The molecule has 2 rings (SSSR count). The van der Waals surface area contributed by atoms with Crippen LogP contribution in [0.2, 0.25) is 0 Å². The van der Waals surface area contributed by atoms with E-state index in [0.29, 0.717) is 18.5 Å². The highest BCUT2D eigenvalue weighted by molar-refractivity contribution is 7.99. The minimum absolute atomic E-state index is 0.269. The quantitative estimate of drug-likeness (QED) is 0.866. The number of aryl methyl sites for hydroxylation is 1. The van der Waals surface area contributed by atoms with Gasteiger partial charge in [-0.1, -0.05) is 0 Å². The van der Waals surface area contributed by atoms with Gasteiger partial charge in [0.1, 0.15) is 11.4 Å². The monoisotopic (exact) mass is 283 g/mol. The van der Waals surface area contributed by atoms with Gasteiger partial charge in [0.05, 0.1) is 7.11 Å². The van der Waals surface area contributed by atoms with Gasteiger partial charge in [0.2, 0.25) is 0 Å². The molecular formula is C14H18FNO2S. The fourth-order valence-corrected chi connectivity index (χ4v) is 3.57. The number of benzene rings is 1. The molecule has 0 unspecified atom stereocenters. The summed E-state index contributed by atoms with van der Waals surface area (Å²) in [5, 5.41) is 3.20. The average Bonchev–Trinajstić information content (AvgIpc) is 2.37. The summed E-state index contributed by atoms with van der Waals surface area (Å²) in [6, 6.07) is 4.72. The summed E-state index contributed by atoms with van der Waals surface area (Å²) in [5.74, 6) is 1.23. The molecule has 1 heterocycles. The second kappa shape index (κ2) is 5.82. The largest absolute Gasteiger partial charge is 0.467 e. The van der Waals surface area contributed by atoms with E-state index in [1.54, 1.807) is 0 Å². The van der Waals surface area contributed by atoms with Crippen LogP contribution in [0, 0.1) is 12.7 Å². The van der Waals surface area contributed by atoms with Gasteiger partial charge >= 0.3 is 5.97 Å². The van der Waals surface area contributed by atoms with Crippen molar-refractivity contribution in [2.75, 3.05) is 23.9 Å². The van der Waals surface area contributed by atoms with Crippen LogP contribution < -0.4 is 5.32 Å². The first-order valence-corrected chi connectivity index (χ1v) is 7.43. The average molecular weight is 283 g/mol. The maximum Gasteiger partial charge on any atom is 0.331 e. The van der Waals surface area contributed by atoms with Gasteiger partial charge in [-0.3, -0.25) is 0 Å². The number of carbonyl (C=O) groups is 1. The van der Waals surface area contributed by atoms with Crippen LogP contribution in [0.1, 0.15) is 18.4 Å². The van der Waals surface area contributed by atoms with Gasteiger partial charge in [-0.05, 0) is 55.0 Å². The zero-order chi connectivity index (χ0) is 13.9. The summed E-state index contributed by atoms with van der Waals surface area (Å²) in [7, 11) is 1.39. The number of hydrogen-bond donors (Lipinski definition) is 1. The zero-order valence-electron chi connectivity index (χ0n) is 11.2. The SMILES string of the molecule is COC(=O)C1(Nc2cc(C)cc(F)c2)CCSCC1. The molecule has 1 aliphatic rings. The second-order valence-corrected chi connectivity index (χ2v) is 6.05. The van der Waals surface area contributed by atoms with Crippen LogP contribution in [0.4, 0.5) is 10.1 Å². The lowest BCUT2D eigenvalue weighted by Gasteiger charge is -2.35. The van der Waals surface area contributed by atoms with E-state index in [0.717, 1.165) is 17.1 Å². The van der Waals surface area contributed by atoms with Crippen LogP contribution in [-0.2, 0) is 9.53 Å². The first-order valence-electron chi connectivity index (χ1n) is 6.27. The van der Waals surface area contributed by atoms with E-state index in [9.17, 15) is 9.18 Å². The lowest BCUT2D eigenvalue weighted by Crippen LogP contribution is -2.49. The Labute approximate surface area is 116 Å². The minimum atomic E-state index is -0.722.